The summed E-state index contributed by atoms with van der Waals surface area (Å²) in [5.41, 5.74) is 0. The van der Waals surface area contributed by atoms with Gasteiger partial charge in [-0.1, -0.05) is 3.89 Å². The van der Waals surface area contributed by atoms with Crippen molar-refractivity contribution in [1.82, 2.24) is 0 Å². The summed E-state index contributed by atoms with van der Waals surface area (Å²) < 4.78 is 34.1. The SMILES string of the molecule is O=S(=O)(O)F.[PbH2]. The molecule has 0 aromatic rings. The maximum atomic E-state index is 10.2. The Morgan fingerprint density at radius 1 is 1.50 bits per heavy atom. The fourth-order valence-electron chi connectivity index (χ4n) is 0. The molecule has 0 rings (SSSR count). The van der Waals surface area contributed by atoms with E-state index in [2.05, 4.69) is 0 Å². The Balaban J connectivity index is 0. The Labute approximate surface area is 54.7 Å². The van der Waals surface area contributed by atoms with Crippen LogP contribution in [0, 0.1) is 0 Å². The molecule has 0 spiro atoms. The Hall–Kier alpha value is 0.762. The predicted molar refractivity (Wildman–Crippen MR) is 21.2 cm³/mol. The Morgan fingerprint density at radius 3 is 1.50 bits per heavy atom. The monoisotopic (exact) mass is 310 g/mol. The van der Waals surface area contributed by atoms with Gasteiger partial charge in [-0.2, -0.15) is 8.42 Å². The van der Waals surface area contributed by atoms with Gasteiger partial charge in [-0.05, 0) is 0 Å². The second-order valence-corrected chi connectivity index (χ2v) is 1.24. The van der Waals surface area contributed by atoms with Crippen molar-refractivity contribution in [1.29, 1.82) is 0 Å². The third-order valence-corrected chi connectivity index (χ3v) is 0. The van der Waals surface area contributed by atoms with Crippen molar-refractivity contribution >= 4 is 37.8 Å². The summed E-state index contributed by atoms with van der Waals surface area (Å²) in [6, 6.07) is 0. The zero-order chi connectivity index (χ0) is 4.50. The van der Waals surface area contributed by atoms with E-state index in [1.54, 1.807) is 0 Å². The van der Waals surface area contributed by atoms with Gasteiger partial charge in [0.15, 0.2) is 0 Å². The fourth-order valence-corrected chi connectivity index (χ4v) is 0. The number of hydrogen-bond acceptors (Lipinski definition) is 2. The van der Waals surface area contributed by atoms with Crippen molar-refractivity contribution in [2.24, 2.45) is 0 Å². The Kier molecular flexibility index (Phi) is 4.72. The molecule has 0 aromatic heterocycles. The average Bonchev–Trinajstić information content (AvgIpc) is 0.722. The first-order valence-corrected chi connectivity index (χ1v) is 2.01. The van der Waals surface area contributed by atoms with Crippen LogP contribution < -0.4 is 0 Å². The van der Waals surface area contributed by atoms with Gasteiger partial charge in [-0.15, -0.1) is 0 Å². The summed E-state index contributed by atoms with van der Waals surface area (Å²) in [6.45, 7) is 0. The first-order chi connectivity index (χ1) is 2.00. The summed E-state index contributed by atoms with van der Waals surface area (Å²) in [5, 5.41) is 0. The molecule has 0 bridgehead atoms. The van der Waals surface area contributed by atoms with Gasteiger partial charge in [-0.25, -0.2) is 0 Å². The standard InChI is InChI=1S/FHO3S.Pb.2H/c1-5(2,3)4;;;/h(H,2,3,4);;;. The molecule has 0 unspecified atom stereocenters. The molecule has 0 aromatic carbocycles. The third kappa shape index (κ3) is 116. The summed E-state index contributed by atoms with van der Waals surface area (Å²) in [6.07, 6.45) is 0. The van der Waals surface area contributed by atoms with Crippen LogP contribution in [0.15, 0.2) is 0 Å². The van der Waals surface area contributed by atoms with E-state index in [0.29, 0.717) is 0 Å². The van der Waals surface area contributed by atoms with Crippen LogP contribution >= 0.6 is 0 Å². The summed E-state index contributed by atoms with van der Waals surface area (Å²) in [7, 11) is -5.17. The molecule has 0 heterocycles. The van der Waals surface area contributed by atoms with Gasteiger partial charge < -0.3 is 0 Å². The van der Waals surface area contributed by atoms with Gasteiger partial charge in [-0.3, -0.25) is 4.55 Å². The first-order valence-electron chi connectivity index (χ1n) is 0.670. The van der Waals surface area contributed by atoms with Gasteiger partial charge >= 0.3 is 37.8 Å². The molecule has 6 heteroatoms. The van der Waals surface area contributed by atoms with E-state index in [4.69, 9.17) is 13.0 Å². The second kappa shape index (κ2) is 2.86. The van der Waals surface area contributed by atoms with Crippen LogP contribution in [0.4, 0.5) is 3.89 Å². The van der Waals surface area contributed by atoms with Gasteiger partial charge in [0, 0.05) is 0 Å². The Morgan fingerprint density at radius 2 is 1.50 bits per heavy atom. The van der Waals surface area contributed by atoms with E-state index in [9.17, 15) is 3.89 Å². The molecule has 6 heavy (non-hydrogen) atoms. The zero-order valence-corrected chi connectivity index (χ0v) is 9.07. The van der Waals surface area contributed by atoms with Crippen molar-refractivity contribution in [3.8, 4) is 0 Å². The van der Waals surface area contributed by atoms with Crippen LogP contribution in [0.3, 0.4) is 0 Å². The maximum absolute atomic E-state index is 10.2. The van der Waals surface area contributed by atoms with Crippen molar-refractivity contribution in [2.75, 3.05) is 0 Å². The zero-order valence-electron chi connectivity index (χ0n) is 2.76. The van der Waals surface area contributed by atoms with E-state index in [-0.39, 0.29) is 27.3 Å². The van der Waals surface area contributed by atoms with Crippen LogP contribution in [-0.4, -0.2) is 40.3 Å². The average molecular weight is 309 g/mol. The first kappa shape index (κ1) is 9.90. The topological polar surface area (TPSA) is 54.4 Å². The van der Waals surface area contributed by atoms with Crippen molar-refractivity contribution in [3.63, 3.8) is 0 Å². The minimum atomic E-state index is -5.17. The predicted octanol–water partition coefficient (Wildman–Crippen LogP) is -1.16. The van der Waals surface area contributed by atoms with Gasteiger partial charge in [0.25, 0.3) is 0 Å². The van der Waals surface area contributed by atoms with Crippen LogP contribution in [-0.2, 0) is 10.5 Å². The molecule has 0 aliphatic rings. The van der Waals surface area contributed by atoms with Crippen molar-refractivity contribution < 1.29 is 16.9 Å². The van der Waals surface area contributed by atoms with Crippen LogP contribution in [0.2, 0.25) is 0 Å². The van der Waals surface area contributed by atoms with Gasteiger partial charge in [0.1, 0.15) is 0 Å². The molecule has 0 saturated heterocycles. The molecule has 38 valence electrons. The fraction of sp³-hybridized carbons (Fsp3) is 0. The van der Waals surface area contributed by atoms with Crippen LogP contribution in [0.1, 0.15) is 0 Å². The molecule has 0 amide bonds. The summed E-state index contributed by atoms with van der Waals surface area (Å²) in [4.78, 5) is 0. The molecule has 0 aliphatic carbocycles. The molecule has 2 radical (unpaired) electrons. The van der Waals surface area contributed by atoms with Gasteiger partial charge in [0.05, 0.1) is 0 Å². The van der Waals surface area contributed by atoms with E-state index >= 15 is 0 Å². The molecule has 1 N–H and O–H groups in total. The molecule has 0 aliphatic heterocycles. The van der Waals surface area contributed by atoms with E-state index in [1.165, 1.54) is 0 Å². The van der Waals surface area contributed by atoms with E-state index in [1.807, 2.05) is 0 Å². The van der Waals surface area contributed by atoms with Crippen LogP contribution in [0.25, 0.3) is 0 Å². The molecule has 0 saturated carbocycles. The summed E-state index contributed by atoms with van der Waals surface area (Å²) in [5.74, 6) is 0. The molecule has 3 nitrogen and oxygen atoms in total. The molecular weight excluding hydrogens is 306 g/mol. The molecule has 0 atom stereocenters. The second-order valence-electron chi connectivity index (χ2n) is 0.412. The number of hydrogen-bond donors (Lipinski definition) is 1. The normalized spacial score (nSPS) is 9.67. The summed E-state index contributed by atoms with van der Waals surface area (Å²) >= 11 is 0. The number of halogens is 1. The van der Waals surface area contributed by atoms with E-state index < -0.39 is 10.5 Å². The molecular formula is H3FO3PbS. The van der Waals surface area contributed by atoms with Crippen molar-refractivity contribution in [3.05, 3.63) is 0 Å². The quantitative estimate of drug-likeness (QED) is 0.349. The molecule has 0 fully saturated rings. The minimum absolute atomic E-state index is 0. The van der Waals surface area contributed by atoms with Crippen molar-refractivity contribution in [2.45, 2.75) is 0 Å². The third-order valence-electron chi connectivity index (χ3n) is 0. The van der Waals surface area contributed by atoms with E-state index in [0.717, 1.165) is 0 Å². The van der Waals surface area contributed by atoms with Crippen LogP contribution in [0.5, 0.6) is 0 Å². The van der Waals surface area contributed by atoms with Gasteiger partial charge in [0.2, 0.25) is 0 Å². The Bertz CT molecular complexity index is 94.0. The number of rotatable bonds is 0.